The van der Waals surface area contributed by atoms with Gasteiger partial charge in [-0.2, -0.15) is 0 Å². The molecule has 0 radical (unpaired) electrons. The lowest BCUT2D eigenvalue weighted by molar-refractivity contribution is -0.127. The molecule has 7 nitrogen and oxygen atoms in total. The predicted molar refractivity (Wildman–Crippen MR) is 122 cm³/mol. The van der Waals surface area contributed by atoms with Crippen LogP contribution in [0, 0.1) is 11.8 Å². The number of benzene rings is 1. The summed E-state index contributed by atoms with van der Waals surface area (Å²) in [5.41, 5.74) is 1.61. The summed E-state index contributed by atoms with van der Waals surface area (Å²) in [5, 5.41) is 8.67. The minimum absolute atomic E-state index is 0.126. The summed E-state index contributed by atoms with van der Waals surface area (Å²) in [6.07, 6.45) is 6.35. The first-order valence-corrected chi connectivity index (χ1v) is 10.9. The highest BCUT2D eigenvalue weighted by Crippen LogP contribution is 2.34. The second kappa shape index (κ2) is 9.23. The molecule has 2 aromatic rings. The van der Waals surface area contributed by atoms with Crippen LogP contribution >= 0.6 is 0 Å². The van der Waals surface area contributed by atoms with E-state index in [0.717, 1.165) is 37.7 Å². The van der Waals surface area contributed by atoms with Crippen molar-refractivity contribution in [2.24, 2.45) is 0 Å². The molecule has 7 heteroatoms. The van der Waals surface area contributed by atoms with Crippen molar-refractivity contribution < 1.29 is 14.4 Å². The molecule has 1 unspecified atom stereocenters. The van der Waals surface area contributed by atoms with E-state index in [2.05, 4.69) is 32.8 Å². The average molecular weight is 431 g/mol. The Balaban J connectivity index is 1.56. The molecule has 1 aromatic carbocycles. The number of carbonyl (C=O) groups excluding carboxylic acids is 3. The molecule has 1 atom stereocenters. The molecule has 0 saturated heterocycles. The van der Waals surface area contributed by atoms with E-state index in [0.29, 0.717) is 17.1 Å². The van der Waals surface area contributed by atoms with Crippen LogP contribution in [0.15, 0.2) is 42.6 Å². The van der Waals surface area contributed by atoms with Gasteiger partial charge in [0.05, 0.1) is 5.92 Å². The van der Waals surface area contributed by atoms with Gasteiger partial charge in [-0.3, -0.25) is 14.4 Å². The number of anilines is 2. The Bertz CT molecular complexity index is 1090. The third kappa shape index (κ3) is 4.97. The van der Waals surface area contributed by atoms with Crippen molar-refractivity contribution in [3.8, 4) is 11.8 Å². The fourth-order valence-corrected chi connectivity index (χ4v) is 4.32. The maximum atomic E-state index is 13.3. The molecule has 32 heavy (non-hydrogen) atoms. The molecule has 1 saturated carbocycles. The van der Waals surface area contributed by atoms with Gasteiger partial charge in [0, 0.05) is 30.8 Å². The molecule has 164 valence electrons. The van der Waals surface area contributed by atoms with Gasteiger partial charge < -0.3 is 16.0 Å². The average Bonchev–Trinajstić information content (AvgIpc) is 2.78. The summed E-state index contributed by atoms with van der Waals surface area (Å²) in [6, 6.07) is 10.9. The SMILES string of the molecule is CC(=O)Nc1ccc(C#CC2(NC(=O)C3CC(=O)Nc4ccccc43)CCCCC2)cn1. The van der Waals surface area contributed by atoms with Crippen molar-refractivity contribution in [1.29, 1.82) is 0 Å². The lowest BCUT2D eigenvalue weighted by Crippen LogP contribution is -2.51. The van der Waals surface area contributed by atoms with Gasteiger partial charge in [0.25, 0.3) is 0 Å². The van der Waals surface area contributed by atoms with E-state index < -0.39 is 11.5 Å². The lowest BCUT2D eigenvalue weighted by atomic mass is 9.80. The number of pyridine rings is 1. The number of aromatic nitrogens is 1. The molecule has 0 spiro atoms. The number of carbonyl (C=O) groups is 3. The molecule has 2 aliphatic rings. The first-order valence-electron chi connectivity index (χ1n) is 10.9. The van der Waals surface area contributed by atoms with E-state index in [1.807, 2.05) is 24.3 Å². The van der Waals surface area contributed by atoms with Gasteiger partial charge in [-0.1, -0.05) is 49.3 Å². The van der Waals surface area contributed by atoms with Crippen molar-refractivity contribution in [1.82, 2.24) is 10.3 Å². The number of amides is 3. The third-order valence-electron chi connectivity index (χ3n) is 5.90. The van der Waals surface area contributed by atoms with Gasteiger partial charge in [-0.05, 0) is 36.6 Å². The summed E-state index contributed by atoms with van der Waals surface area (Å²) in [5.74, 6) is 5.90. The zero-order valence-electron chi connectivity index (χ0n) is 18.0. The monoisotopic (exact) mass is 430 g/mol. The normalized spacial score (nSPS) is 18.9. The number of fused-ring (bicyclic) bond motifs is 1. The predicted octanol–water partition coefficient (Wildman–Crippen LogP) is 3.34. The molecule has 2 heterocycles. The smallest absolute Gasteiger partial charge is 0.229 e. The summed E-state index contributed by atoms with van der Waals surface area (Å²) < 4.78 is 0. The van der Waals surface area contributed by atoms with Gasteiger partial charge in [-0.15, -0.1) is 0 Å². The molecule has 1 aromatic heterocycles. The zero-order valence-corrected chi connectivity index (χ0v) is 18.0. The Morgan fingerprint density at radius 1 is 1.12 bits per heavy atom. The van der Waals surface area contributed by atoms with Crippen LogP contribution in [0.5, 0.6) is 0 Å². The van der Waals surface area contributed by atoms with E-state index in [4.69, 9.17) is 0 Å². The first kappa shape index (κ1) is 21.6. The number of rotatable bonds is 3. The first-order chi connectivity index (χ1) is 15.4. The third-order valence-corrected chi connectivity index (χ3v) is 5.90. The van der Waals surface area contributed by atoms with E-state index in [9.17, 15) is 14.4 Å². The van der Waals surface area contributed by atoms with E-state index in [1.165, 1.54) is 6.92 Å². The van der Waals surface area contributed by atoms with Crippen molar-refractivity contribution in [3.63, 3.8) is 0 Å². The van der Waals surface area contributed by atoms with Crippen LogP contribution in [0.1, 0.15) is 62.5 Å². The molecule has 3 amide bonds. The summed E-state index contributed by atoms with van der Waals surface area (Å²) in [6.45, 7) is 1.43. The quantitative estimate of drug-likeness (QED) is 0.650. The minimum atomic E-state index is -0.630. The van der Waals surface area contributed by atoms with Crippen LogP contribution < -0.4 is 16.0 Å². The summed E-state index contributed by atoms with van der Waals surface area (Å²) in [4.78, 5) is 40.9. The molecule has 1 aliphatic heterocycles. The second-order valence-corrected chi connectivity index (χ2v) is 8.39. The number of hydrogen-bond acceptors (Lipinski definition) is 4. The maximum Gasteiger partial charge on any atom is 0.229 e. The zero-order chi connectivity index (χ0) is 22.6. The number of nitrogens with one attached hydrogen (secondary N) is 3. The highest BCUT2D eigenvalue weighted by molar-refractivity contribution is 6.01. The molecular weight excluding hydrogens is 404 g/mol. The highest BCUT2D eigenvalue weighted by atomic mass is 16.2. The summed E-state index contributed by atoms with van der Waals surface area (Å²) >= 11 is 0. The Labute approximate surface area is 187 Å². The van der Waals surface area contributed by atoms with Gasteiger partial charge in [0.1, 0.15) is 11.4 Å². The van der Waals surface area contributed by atoms with Crippen LogP contribution in [0.2, 0.25) is 0 Å². The molecule has 1 fully saturated rings. The number of nitrogens with zero attached hydrogens (tertiary/aromatic N) is 1. The van der Waals surface area contributed by atoms with Crippen molar-refractivity contribution >= 4 is 29.2 Å². The van der Waals surface area contributed by atoms with Gasteiger partial charge in [0.15, 0.2) is 0 Å². The summed E-state index contributed by atoms with van der Waals surface area (Å²) in [7, 11) is 0. The van der Waals surface area contributed by atoms with Crippen LogP contribution in [0.3, 0.4) is 0 Å². The van der Waals surface area contributed by atoms with Crippen molar-refractivity contribution in [2.45, 2.75) is 56.9 Å². The Hall–Kier alpha value is -3.66. The van der Waals surface area contributed by atoms with E-state index in [-0.39, 0.29) is 24.1 Å². The van der Waals surface area contributed by atoms with Crippen molar-refractivity contribution in [2.75, 3.05) is 10.6 Å². The van der Waals surface area contributed by atoms with Gasteiger partial charge >= 0.3 is 0 Å². The minimum Gasteiger partial charge on any atom is -0.339 e. The molecule has 1 aliphatic carbocycles. The second-order valence-electron chi connectivity index (χ2n) is 8.39. The van der Waals surface area contributed by atoms with Crippen LogP contribution in [-0.4, -0.2) is 28.2 Å². The Morgan fingerprint density at radius 2 is 1.91 bits per heavy atom. The standard InChI is InChI=1S/C25H26N4O3/c1-17(30)27-22-10-9-18(16-26-22)11-14-25(12-5-2-6-13-25)29-24(32)20-15-23(31)28-21-8-4-3-7-19(20)21/h3-4,7-10,16,20H,2,5-6,12-13,15H2,1H3,(H,28,31)(H,29,32)(H,26,27,30). The molecular formula is C25H26N4O3. The lowest BCUT2D eigenvalue weighted by Gasteiger charge is -2.35. The van der Waals surface area contributed by atoms with Gasteiger partial charge in [-0.25, -0.2) is 4.98 Å². The Morgan fingerprint density at radius 3 is 2.62 bits per heavy atom. The fourth-order valence-electron chi connectivity index (χ4n) is 4.32. The number of hydrogen-bond donors (Lipinski definition) is 3. The maximum absolute atomic E-state index is 13.3. The van der Waals surface area contributed by atoms with Crippen LogP contribution in [0.4, 0.5) is 11.5 Å². The van der Waals surface area contributed by atoms with Gasteiger partial charge in [0.2, 0.25) is 17.7 Å². The molecule has 3 N–H and O–H groups in total. The topological polar surface area (TPSA) is 100 Å². The van der Waals surface area contributed by atoms with E-state index >= 15 is 0 Å². The van der Waals surface area contributed by atoms with Crippen molar-refractivity contribution in [3.05, 3.63) is 53.7 Å². The molecule has 4 rings (SSSR count). The number of para-hydroxylation sites is 1. The van der Waals surface area contributed by atoms with Crippen LogP contribution in [-0.2, 0) is 14.4 Å². The largest absolute Gasteiger partial charge is 0.339 e. The Kier molecular flexibility index (Phi) is 6.22. The van der Waals surface area contributed by atoms with Crippen LogP contribution in [0.25, 0.3) is 0 Å². The highest BCUT2D eigenvalue weighted by Gasteiger charge is 2.37. The fraction of sp³-hybridized carbons (Fsp3) is 0.360. The molecule has 0 bridgehead atoms. The van der Waals surface area contributed by atoms with E-state index in [1.54, 1.807) is 18.3 Å².